The highest BCUT2D eigenvalue weighted by Crippen LogP contribution is 2.25. The number of imidazole rings is 1. The van der Waals surface area contributed by atoms with Gasteiger partial charge >= 0.3 is 0 Å². The zero-order valence-electron chi connectivity index (χ0n) is 9.70. The van der Waals surface area contributed by atoms with E-state index in [1.165, 1.54) is 5.56 Å². The Bertz CT molecular complexity index is 503. The van der Waals surface area contributed by atoms with E-state index < -0.39 is 0 Å². The number of hydrogen-bond donors (Lipinski definition) is 1. The van der Waals surface area contributed by atoms with Crippen molar-refractivity contribution in [2.24, 2.45) is 0 Å². The quantitative estimate of drug-likeness (QED) is 0.715. The fraction of sp³-hybridized carbons (Fsp3) is 0.417. The molecule has 2 N–H and O–H groups in total. The lowest BCUT2D eigenvalue weighted by Crippen LogP contribution is -2.15. The number of rotatable bonds is 0. The van der Waals surface area contributed by atoms with Crippen LogP contribution < -0.4 is 5.73 Å². The smallest absolute Gasteiger partial charge is 0.149 e. The van der Waals surface area contributed by atoms with Gasteiger partial charge in [-0.05, 0) is 24.6 Å². The van der Waals surface area contributed by atoms with E-state index in [0.717, 1.165) is 11.3 Å². The van der Waals surface area contributed by atoms with E-state index in [2.05, 4.69) is 49.2 Å². The first-order valence-corrected chi connectivity index (χ1v) is 5.14. The molecule has 0 aliphatic heterocycles. The zero-order valence-corrected chi connectivity index (χ0v) is 9.70. The van der Waals surface area contributed by atoms with E-state index in [9.17, 15) is 0 Å². The van der Waals surface area contributed by atoms with Crippen molar-refractivity contribution in [2.45, 2.75) is 33.1 Å². The van der Waals surface area contributed by atoms with Gasteiger partial charge in [-0.2, -0.15) is 0 Å². The summed E-state index contributed by atoms with van der Waals surface area (Å²) in [4.78, 5) is 4.44. The standard InChI is InChI=1S/C12H17N3/c1-8-5-6-15-9(7-8)10(13)14-11(15)12(2,3)4/h5-7H,13H2,1-4H3. The number of nitrogens with zero attached hydrogens (tertiary/aromatic N) is 2. The SMILES string of the molecule is Cc1ccn2c(C(C)(C)C)nc(N)c2c1. The molecule has 2 heterocycles. The zero-order chi connectivity index (χ0) is 11.2. The Hall–Kier alpha value is -1.51. The molecule has 3 heteroatoms. The normalized spacial score (nSPS) is 12.3. The summed E-state index contributed by atoms with van der Waals surface area (Å²) in [6, 6.07) is 4.14. The summed E-state index contributed by atoms with van der Waals surface area (Å²) in [5.41, 5.74) is 8.12. The lowest BCUT2D eigenvalue weighted by molar-refractivity contribution is 0.543. The van der Waals surface area contributed by atoms with E-state index >= 15 is 0 Å². The summed E-state index contributed by atoms with van der Waals surface area (Å²) in [6.45, 7) is 8.48. The predicted octanol–water partition coefficient (Wildman–Crippen LogP) is 2.52. The molecular weight excluding hydrogens is 186 g/mol. The van der Waals surface area contributed by atoms with Crippen molar-refractivity contribution in [3.63, 3.8) is 0 Å². The van der Waals surface area contributed by atoms with E-state index in [0.29, 0.717) is 5.82 Å². The molecule has 0 spiro atoms. The van der Waals surface area contributed by atoms with Gasteiger partial charge in [-0.25, -0.2) is 4.98 Å². The molecule has 2 aromatic rings. The van der Waals surface area contributed by atoms with E-state index in [-0.39, 0.29) is 5.41 Å². The maximum absolute atomic E-state index is 5.91. The largest absolute Gasteiger partial charge is 0.382 e. The van der Waals surface area contributed by atoms with Gasteiger partial charge in [0.05, 0.1) is 5.52 Å². The molecule has 0 bridgehead atoms. The maximum atomic E-state index is 5.91. The molecule has 0 saturated carbocycles. The minimum atomic E-state index is 0.00972. The lowest BCUT2D eigenvalue weighted by atomic mass is 9.96. The molecule has 2 aromatic heterocycles. The second kappa shape index (κ2) is 2.99. The van der Waals surface area contributed by atoms with Crippen LogP contribution in [0.3, 0.4) is 0 Å². The number of aromatic nitrogens is 2. The van der Waals surface area contributed by atoms with Gasteiger partial charge in [0.2, 0.25) is 0 Å². The lowest BCUT2D eigenvalue weighted by Gasteiger charge is -2.16. The number of pyridine rings is 1. The minimum absolute atomic E-state index is 0.00972. The fourth-order valence-electron chi connectivity index (χ4n) is 1.74. The average molecular weight is 203 g/mol. The first-order chi connectivity index (χ1) is 6.89. The third-order valence-corrected chi connectivity index (χ3v) is 2.50. The van der Waals surface area contributed by atoms with Crippen molar-refractivity contribution >= 4 is 11.3 Å². The summed E-state index contributed by atoms with van der Waals surface area (Å²) in [7, 11) is 0. The summed E-state index contributed by atoms with van der Waals surface area (Å²) >= 11 is 0. The summed E-state index contributed by atoms with van der Waals surface area (Å²) in [5.74, 6) is 1.62. The second-order valence-electron chi connectivity index (χ2n) is 5.03. The Kier molecular flexibility index (Phi) is 2.00. The first kappa shape index (κ1) is 10.0. The molecule has 0 aromatic carbocycles. The number of nitrogen functional groups attached to an aromatic ring is 1. The van der Waals surface area contributed by atoms with Crippen LogP contribution in [0.5, 0.6) is 0 Å². The van der Waals surface area contributed by atoms with Crippen molar-refractivity contribution in [1.29, 1.82) is 0 Å². The fourth-order valence-corrected chi connectivity index (χ4v) is 1.74. The molecule has 0 amide bonds. The van der Waals surface area contributed by atoms with Gasteiger partial charge in [0.1, 0.15) is 11.6 Å². The molecule has 0 radical (unpaired) electrons. The third kappa shape index (κ3) is 1.58. The monoisotopic (exact) mass is 203 g/mol. The Balaban J connectivity index is 2.79. The third-order valence-electron chi connectivity index (χ3n) is 2.50. The van der Waals surface area contributed by atoms with Gasteiger partial charge in [0.25, 0.3) is 0 Å². The van der Waals surface area contributed by atoms with Crippen LogP contribution in [0.1, 0.15) is 32.2 Å². The van der Waals surface area contributed by atoms with Gasteiger partial charge in [-0.1, -0.05) is 20.8 Å². The first-order valence-electron chi connectivity index (χ1n) is 5.14. The highest BCUT2D eigenvalue weighted by molar-refractivity contribution is 5.67. The van der Waals surface area contributed by atoms with Crippen molar-refractivity contribution in [2.75, 3.05) is 5.73 Å². The van der Waals surface area contributed by atoms with Crippen molar-refractivity contribution in [3.8, 4) is 0 Å². The van der Waals surface area contributed by atoms with E-state index in [1.807, 2.05) is 6.20 Å². The van der Waals surface area contributed by atoms with Crippen molar-refractivity contribution in [1.82, 2.24) is 9.38 Å². The Morgan fingerprint density at radius 2 is 2.00 bits per heavy atom. The number of anilines is 1. The van der Waals surface area contributed by atoms with Crippen molar-refractivity contribution in [3.05, 3.63) is 29.7 Å². The van der Waals surface area contributed by atoms with Crippen LogP contribution in [0.25, 0.3) is 5.52 Å². The molecule has 0 fully saturated rings. The van der Waals surface area contributed by atoms with Crippen LogP contribution >= 0.6 is 0 Å². The maximum Gasteiger partial charge on any atom is 0.149 e. The van der Waals surface area contributed by atoms with Gasteiger partial charge in [-0.15, -0.1) is 0 Å². The Morgan fingerprint density at radius 3 is 2.60 bits per heavy atom. The molecule has 3 nitrogen and oxygen atoms in total. The molecule has 0 aliphatic rings. The Morgan fingerprint density at radius 1 is 1.33 bits per heavy atom. The van der Waals surface area contributed by atoms with E-state index in [1.54, 1.807) is 0 Å². The number of nitrogens with two attached hydrogens (primary N) is 1. The van der Waals surface area contributed by atoms with Crippen LogP contribution in [0.4, 0.5) is 5.82 Å². The minimum Gasteiger partial charge on any atom is -0.382 e. The molecule has 0 saturated heterocycles. The molecule has 15 heavy (non-hydrogen) atoms. The molecule has 2 rings (SSSR count). The predicted molar refractivity (Wildman–Crippen MR) is 63.0 cm³/mol. The van der Waals surface area contributed by atoms with Crippen molar-refractivity contribution < 1.29 is 0 Å². The highest BCUT2D eigenvalue weighted by atomic mass is 15.1. The van der Waals surface area contributed by atoms with Gasteiger partial charge < -0.3 is 10.1 Å². The van der Waals surface area contributed by atoms with Crippen LogP contribution in [0.15, 0.2) is 18.3 Å². The highest BCUT2D eigenvalue weighted by Gasteiger charge is 2.21. The second-order valence-corrected chi connectivity index (χ2v) is 5.03. The number of fused-ring (bicyclic) bond motifs is 1. The van der Waals surface area contributed by atoms with Gasteiger partial charge in [0, 0.05) is 11.6 Å². The van der Waals surface area contributed by atoms with Gasteiger partial charge in [0.15, 0.2) is 0 Å². The van der Waals surface area contributed by atoms with Crippen LogP contribution in [-0.2, 0) is 5.41 Å². The molecule has 0 aliphatic carbocycles. The van der Waals surface area contributed by atoms with Gasteiger partial charge in [-0.3, -0.25) is 0 Å². The molecule has 0 atom stereocenters. The molecular formula is C12H17N3. The van der Waals surface area contributed by atoms with Crippen LogP contribution in [0.2, 0.25) is 0 Å². The van der Waals surface area contributed by atoms with E-state index in [4.69, 9.17) is 5.73 Å². The van der Waals surface area contributed by atoms with Crippen LogP contribution in [-0.4, -0.2) is 9.38 Å². The number of aryl methyl sites for hydroxylation is 1. The molecule has 80 valence electrons. The average Bonchev–Trinajstić information content (AvgIpc) is 2.43. The summed E-state index contributed by atoms with van der Waals surface area (Å²) in [6.07, 6.45) is 2.04. The summed E-state index contributed by atoms with van der Waals surface area (Å²) < 4.78 is 2.07. The topological polar surface area (TPSA) is 43.3 Å². The number of hydrogen-bond acceptors (Lipinski definition) is 2. The summed E-state index contributed by atoms with van der Waals surface area (Å²) in [5, 5.41) is 0. The molecule has 0 unspecified atom stereocenters. The Labute approximate surface area is 89.9 Å². The van der Waals surface area contributed by atoms with Crippen LogP contribution in [0, 0.1) is 6.92 Å².